The van der Waals surface area contributed by atoms with E-state index < -0.39 is 12.2 Å². The fraction of sp³-hybridized carbons (Fsp3) is 0.375. The van der Waals surface area contributed by atoms with Crippen LogP contribution in [-0.2, 0) is 0 Å². The molecule has 2 unspecified atom stereocenters. The van der Waals surface area contributed by atoms with Gasteiger partial charge in [0, 0.05) is 18.2 Å². The predicted octanol–water partition coefficient (Wildman–Crippen LogP) is -0.00460. The zero-order chi connectivity index (χ0) is 8.72. The molecule has 4 heteroatoms. The summed E-state index contributed by atoms with van der Waals surface area (Å²) in [5, 5.41) is 18.6. The fourth-order valence-corrected chi connectivity index (χ4v) is 1.47. The molecule has 0 fully saturated rings. The first-order valence-electron chi connectivity index (χ1n) is 3.77. The topological polar surface area (TPSA) is 73.3 Å². The number of Topliss-reactive ketones (excluding diaryl/α,β-unsaturated/α-hetero) is 1. The minimum Gasteiger partial charge on any atom is -0.390 e. The number of rotatable bonds is 0. The van der Waals surface area contributed by atoms with Crippen LogP contribution in [0.1, 0.15) is 28.6 Å². The highest BCUT2D eigenvalue weighted by Gasteiger charge is 2.32. The van der Waals surface area contributed by atoms with Crippen molar-refractivity contribution in [2.75, 3.05) is 0 Å². The summed E-state index contributed by atoms with van der Waals surface area (Å²) in [5.41, 5.74) is 0.923. The SMILES string of the molecule is O=C1CC(O)C(O)c2[nH]ccc21. The average molecular weight is 167 g/mol. The molecule has 1 aliphatic carbocycles. The van der Waals surface area contributed by atoms with Crippen LogP contribution in [0.5, 0.6) is 0 Å². The standard InChI is InChI=1S/C8H9NO3/c10-5-3-6(11)8(12)7-4(5)1-2-9-7/h1-2,6,8-9,11-12H,3H2. The van der Waals surface area contributed by atoms with Crippen molar-refractivity contribution in [2.45, 2.75) is 18.6 Å². The zero-order valence-electron chi connectivity index (χ0n) is 6.32. The van der Waals surface area contributed by atoms with E-state index in [-0.39, 0.29) is 12.2 Å². The van der Waals surface area contributed by atoms with Crippen LogP contribution in [-0.4, -0.2) is 27.1 Å². The van der Waals surface area contributed by atoms with Gasteiger partial charge in [-0.3, -0.25) is 4.79 Å². The van der Waals surface area contributed by atoms with Crippen molar-refractivity contribution in [3.05, 3.63) is 23.5 Å². The number of carbonyl (C=O) groups is 1. The highest BCUT2D eigenvalue weighted by atomic mass is 16.3. The number of aliphatic hydroxyl groups is 2. The second-order valence-corrected chi connectivity index (χ2v) is 2.94. The maximum absolute atomic E-state index is 11.2. The minimum absolute atomic E-state index is 0.00597. The summed E-state index contributed by atoms with van der Waals surface area (Å²) in [7, 11) is 0. The molecule has 1 aromatic heterocycles. The molecule has 64 valence electrons. The van der Waals surface area contributed by atoms with Crippen molar-refractivity contribution in [3.63, 3.8) is 0 Å². The normalized spacial score (nSPS) is 28.7. The van der Waals surface area contributed by atoms with Gasteiger partial charge in [-0.05, 0) is 6.07 Å². The Morgan fingerprint density at radius 3 is 3.00 bits per heavy atom. The molecule has 2 atom stereocenters. The summed E-state index contributed by atoms with van der Waals surface area (Å²) >= 11 is 0. The molecule has 1 heterocycles. The molecule has 0 amide bonds. The first-order chi connectivity index (χ1) is 5.70. The number of H-pyrrole nitrogens is 1. The lowest BCUT2D eigenvalue weighted by Gasteiger charge is -2.22. The Morgan fingerprint density at radius 1 is 1.50 bits per heavy atom. The maximum Gasteiger partial charge on any atom is 0.167 e. The van der Waals surface area contributed by atoms with Crippen molar-refractivity contribution < 1.29 is 15.0 Å². The maximum atomic E-state index is 11.2. The smallest absolute Gasteiger partial charge is 0.167 e. The fourth-order valence-electron chi connectivity index (χ4n) is 1.47. The van der Waals surface area contributed by atoms with Crippen LogP contribution in [0.3, 0.4) is 0 Å². The minimum atomic E-state index is -0.969. The lowest BCUT2D eigenvalue weighted by atomic mass is 9.92. The molecular weight excluding hydrogens is 158 g/mol. The van der Waals surface area contributed by atoms with E-state index in [4.69, 9.17) is 0 Å². The lowest BCUT2D eigenvalue weighted by Crippen LogP contribution is -2.28. The van der Waals surface area contributed by atoms with Crippen LogP contribution < -0.4 is 0 Å². The number of carbonyl (C=O) groups excluding carboxylic acids is 1. The Morgan fingerprint density at radius 2 is 2.25 bits per heavy atom. The summed E-state index contributed by atoms with van der Waals surface area (Å²) < 4.78 is 0. The van der Waals surface area contributed by atoms with Gasteiger partial charge in [0.25, 0.3) is 0 Å². The Bertz CT molecular complexity index is 318. The first kappa shape index (κ1) is 7.52. The first-order valence-corrected chi connectivity index (χ1v) is 3.77. The summed E-state index contributed by atoms with van der Waals surface area (Å²) in [5.74, 6) is -0.121. The second kappa shape index (κ2) is 2.43. The van der Waals surface area contributed by atoms with Crippen molar-refractivity contribution in [2.24, 2.45) is 0 Å². The molecule has 0 saturated heterocycles. The van der Waals surface area contributed by atoms with Gasteiger partial charge in [0.05, 0.1) is 11.8 Å². The van der Waals surface area contributed by atoms with Crippen molar-refractivity contribution in [1.29, 1.82) is 0 Å². The van der Waals surface area contributed by atoms with Gasteiger partial charge in [0.1, 0.15) is 6.10 Å². The van der Waals surface area contributed by atoms with E-state index in [1.807, 2.05) is 0 Å². The van der Waals surface area contributed by atoms with Gasteiger partial charge in [-0.2, -0.15) is 0 Å². The predicted molar refractivity (Wildman–Crippen MR) is 40.7 cm³/mol. The van der Waals surface area contributed by atoms with Crippen molar-refractivity contribution >= 4 is 5.78 Å². The van der Waals surface area contributed by atoms with Gasteiger partial charge in [-0.25, -0.2) is 0 Å². The third-order valence-electron chi connectivity index (χ3n) is 2.13. The molecule has 1 aromatic rings. The van der Waals surface area contributed by atoms with Crippen LogP contribution in [0.2, 0.25) is 0 Å². The zero-order valence-corrected chi connectivity index (χ0v) is 6.32. The van der Waals surface area contributed by atoms with Gasteiger partial charge in [-0.15, -0.1) is 0 Å². The van der Waals surface area contributed by atoms with E-state index in [1.54, 1.807) is 12.3 Å². The van der Waals surface area contributed by atoms with Crippen molar-refractivity contribution in [1.82, 2.24) is 4.98 Å². The molecule has 0 spiro atoms. The molecule has 0 saturated carbocycles. The van der Waals surface area contributed by atoms with E-state index in [1.165, 1.54) is 0 Å². The second-order valence-electron chi connectivity index (χ2n) is 2.94. The number of hydrogen-bond acceptors (Lipinski definition) is 3. The van der Waals surface area contributed by atoms with E-state index >= 15 is 0 Å². The van der Waals surface area contributed by atoms with E-state index in [2.05, 4.69) is 4.98 Å². The number of hydrogen-bond donors (Lipinski definition) is 3. The molecule has 1 aliphatic rings. The third-order valence-corrected chi connectivity index (χ3v) is 2.13. The third kappa shape index (κ3) is 0.888. The number of ketones is 1. The quantitative estimate of drug-likeness (QED) is 0.509. The van der Waals surface area contributed by atoms with Gasteiger partial charge < -0.3 is 15.2 Å². The highest BCUT2D eigenvalue weighted by Crippen LogP contribution is 2.28. The van der Waals surface area contributed by atoms with Crippen LogP contribution in [0.4, 0.5) is 0 Å². The van der Waals surface area contributed by atoms with Crippen molar-refractivity contribution in [3.8, 4) is 0 Å². The van der Waals surface area contributed by atoms with Gasteiger partial charge in [0.2, 0.25) is 0 Å². The summed E-state index contributed by atoms with van der Waals surface area (Å²) in [6, 6.07) is 1.62. The largest absolute Gasteiger partial charge is 0.390 e. The Hall–Kier alpha value is -1.13. The highest BCUT2D eigenvalue weighted by molar-refractivity contribution is 5.98. The van der Waals surface area contributed by atoms with Gasteiger partial charge >= 0.3 is 0 Å². The van der Waals surface area contributed by atoms with Crippen LogP contribution in [0, 0.1) is 0 Å². The number of nitrogens with one attached hydrogen (secondary N) is 1. The number of fused-ring (bicyclic) bond motifs is 1. The van der Waals surface area contributed by atoms with Gasteiger partial charge in [0.15, 0.2) is 5.78 Å². The molecular formula is C8H9NO3. The summed E-state index contributed by atoms with van der Waals surface area (Å²) in [6.45, 7) is 0. The van der Waals surface area contributed by atoms with Gasteiger partial charge in [-0.1, -0.05) is 0 Å². The molecule has 0 radical (unpaired) electrons. The molecule has 3 N–H and O–H groups in total. The summed E-state index contributed by atoms with van der Waals surface area (Å²) in [4.78, 5) is 13.9. The Labute approximate surface area is 68.8 Å². The van der Waals surface area contributed by atoms with E-state index in [0.29, 0.717) is 11.3 Å². The van der Waals surface area contributed by atoms with Crippen LogP contribution >= 0.6 is 0 Å². The Balaban J connectivity index is 2.49. The monoisotopic (exact) mass is 167 g/mol. The van der Waals surface area contributed by atoms with E-state index in [9.17, 15) is 15.0 Å². The summed E-state index contributed by atoms with van der Waals surface area (Å²) in [6.07, 6.45) is -0.327. The Kier molecular flexibility index (Phi) is 1.52. The molecule has 2 rings (SSSR count). The average Bonchev–Trinajstić information content (AvgIpc) is 2.48. The molecule has 0 aromatic carbocycles. The van der Waals surface area contributed by atoms with Crippen LogP contribution in [0.15, 0.2) is 12.3 Å². The van der Waals surface area contributed by atoms with Crippen LogP contribution in [0.25, 0.3) is 0 Å². The molecule has 4 nitrogen and oxygen atoms in total. The number of aromatic amines is 1. The lowest BCUT2D eigenvalue weighted by molar-refractivity contribution is 0.00673. The number of aromatic nitrogens is 1. The van der Waals surface area contributed by atoms with E-state index in [0.717, 1.165) is 0 Å². The number of aliphatic hydroxyl groups excluding tert-OH is 2. The molecule has 0 aliphatic heterocycles. The molecule has 0 bridgehead atoms. The molecule has 12 heavy (non-hydrogen) atoms.